The van der Waals surface area contributed by atoms with Gasteiger partial charge in [0, 0.05) is 6.42 Å². The van der Waals surface area contributed by atoms with Crippen molar-refractivity contribution in [3.05, 3.63) is 29.3 Å². The fraction of sp³-hybridized carbons (Fsp3) is 0.571. The second kappa shape index (κ2) is 11.3. The Kier molecular flexibility index (Phi) is 9.48. The summed E-state index contributed by atoms with van der Waals surface area (Å²) in [6.45, 7) is 5.92. The Morgan fingerprint density at radius 2 is 1.54 bits per heavy atom. The summed E-state index contributed by atoms with van der Waals surface area (Å²) in [6, 6.07) is 4.72. The second-order valence-electron chi connectivity index (χ2n) is 7.26. The summed E-state index contributed by atoms with van der Waals surface area (Å²) in [6.07, 6.45) is 3.63. The van der Waals surface area contributed by atoms with Crippen LogP contribution < -0.4 is 4.74 Å². The number of hydrogen-bond acceptors (Lipinski definition) is 7. The molecule has 0 unspecified atom stereocenters. The van der Waals surface area contributed by atoms with E-state index in [2.05, 4.69) is 0 Å². The standard InChI is InChI=1S/C21H30O7/c1-21(2,3)28-17(22)13-8-6-7-9-14-27-16-12-10-11-15(19(23)25-4)18(16)20(24)26-5/h10-12H,6-9,13-14H2,1-5H3. The van der Waals surface area contributed by atoms with Crippen LogP contribution in [0.15, 0.2) is 18.2 Å². The Morgan fingerprint density at radius 1 is 0.893 bits per heavy atom. The fourth-order valence-corrected chi connectivity index (χ4v) is 2.54. The predicted octanol–water partition coefficient (Wildman–Crippen LogP) is 3.93. The SMILES string of the molecule is COC(=O)c1cccc(OCCCCCCC(=O)OC(C)(C)C)c1C(=O)OC. The highest BCUT2D eigenvalue weighted by Gasteiger charge is 2.23. The van der Waals surface area contributed by atoms with Gasteiger partial charge in [-0.05, 0) is 45.7 Å². The van der Waals surface area contributed by atoms with Gasteiger partial charge in [0.05, 0.1) is 26.4 Å². The molecule has 0 N–H and O–H groups in total. The monoisotopic (exact) mass is 394 g/mol. The first-order valence-electron chi connectivity index (χ1n) is 9.34. The van der Waals surface area contributed by atoms with Gasteiger partial charge >= 0.3 is 17.9 Å². The van der Waals surface area contributed by atoms with Gasteiger partial charge < -0.3 is 18.9 Å². The van der Waals surface area contributed by atoms with Crippen molar-refractivity contribution >= 4 is 17.9 Å². The van der Waals surface area contributed by atoms with Gasteiger partial charge in [-0.3, -0.25) is 4.79 Å². The van der Waals surface area contributed by atoms with Crippen molar-refractivity contribution < 1.29 is 33.3 Å². The Morgan fingerprint density at radius 3 is 2.14 bits per heavy atom. The lowest BCUT2D eigenvalue weighted by Crippen LogP contribution is -2.23. The molecule has 1 aromatic carbocycles. The van der Waals surface area contributed by atoms with Crippen LogP contribution in [0.1, 0.15) is 73.6 Å². The molecule has 0 atom stereocenters. The molecule has 0 aromatic heterocycles. The first-order chi connectivity index (χ1) is 13.2. The lowest BCUT2D eigenvalue weighted by atomic mass is 10.1. The van der Waals surface area contributed by atoms with E-state index in [9.17, 15) is 14.4 Å². The van der Waals surface area contributed by atoms with Gasteiger partial charge in [-0.1, -0.05) is 18.9 Å². The molecule has 0 fully saturated rings. The van der Waals surface area contributed by atoms with Gasteiger partial charge in [0.15, 0.2) is 0 Å². The predicted molar refractivity (Wildman–Crippen MR) is 104 cm³/mol. The lowest BCUT2D eigenvalue weighted by molar-refractivity contribution is -0.154. The van der Waals surface area contributed by atoms with Crippen LogP contribution in [0.4, 0.5) is 0 Å². The normalized spacial score (nSPS) is 10.9. The fourth-order valence-electron chi connectivity index (χ4n) is 2.54. The van der Waals surface area contributed by atoms with Crippen molar-refractivity contribution in [1.82, 2.24) is 0 Å². The molecule has 0 amide bonds. The third-order valence-corrected chi connectivity index (χ3v) is 3.77. The molecule has 0 spiro atoms. The number of carbonyl (C=O) groups is 3. The molecule has 0 aliphatic carbocycles. The largest absolute Gasteiger partial charge is 0.493 e. The Hall–Kier alpha value is -2.57. The van der Waals surface area contributed by atoms with E-state index in [0.29, 0.717) is 13.0 Å². The highest BCUT2D eigenvalue weighted by molar-refractivity contribution is 6.05. The topological polar surface area (TPSA) is 88.1 Å². The van der Waals surface area contributed by atoms with E-state index in [4.69, 9.17) is 18.9 Å². The number of hydrogen-bond donors (Lipinski definition) is 0. The zero-order chi connectivity index (χ0) is 21.2. The van der Waals surface area contributed by atoms with Gasteiger partial charge in [0.1, 0.15) is 16.9 Å². The number of carbonyl (C=O) groups excluding carboxylic acids is 3. The molecule has 7 nitrogen and oxygen atoms in total. The molecule has 156 valence electrons. The third kappa shape index (κ3) is 7.98. The molecular weight excluding hydrogens is 364 g/mol. The van der Waals surface area contributed by atoms with Crippen LogP contribution >= 0.6 is 0 Å². The number of benzene rings is 1. The number of unbranched alkanes of at least 4 members (excludes halogenated alkanes) is 3. The summed E-state index contributed by atoms with van der Waals surface area (Å²) < 4.78 is 20.4. The lowest BCUT2D eigenvalue weighted by Gasteiger charge is -2.19. The summed E-state index contributed by atoms with van der Waals surface area (Å²) in [7, 11) is 2.49. The van der Waals surface area contributed by atoms with Crippen molar-refractivity contribution in [2.75, 3.05) is 20.8 Å². The van der Waals surface area contributed by atoms with Crippen LogP contribution in [0, 0.1) is 0 Å². The first-order valence-corrected chi connectivity index (χ1v) is 9.34. The van der Waals surface area contributed by atoms with Crippen LogP contribution in [0.25, 0.3) is 0 Å². The van der Waals surface area contributed by atoms with E-state index in [-0.39, 0.29) is 22.8 Å². The van der Waals surface area contributed by atoms with Crippen LogP contribution in [0.2, 0.25) is 0 Å². The molecule has 0 saturated carbocycles. The minimum atomic E-state index is -0.659. The molecule has 1 rings (SSSR count). The molecular formula is C21H30O7. The minimum absolute atomic E-state index is 0.0572. The smallest absolute Gasteiger partial charge is 0.342 e. The van der Waals surface area contributed by atoms with E-state index in [1.807, 2.05) is 20.8 Å². The van der Waals surface area contributed by atoms with Crippen molar-refractivity contribution in [1.29, 1.82) is 0 Å². The van der Waals surface area contributed by atoms with Crippen LogP contribution in [-0.2, 0) is 19.0 Å². The Labute approximate surface area is 166 Å². The summed E-state index contributed by atoms with van der Waals surface area (Å²) in [5, 5.41) is 0. The van der Waals surface area contributed by atoms with Crippen molar-refractivity contribution in [3.63, 3.8) is 0 Å². The Bertz CT molecular complexity index is 674. The van der Waals surface area contributed by atoms with Crippen molar-refractivity contribution in [3.8, 4) is 5.75 Å². The molecule has 28 heavy (non-hydrogen) atoms. The zero-order valence-corrected chi connectivity index (χ0v) is 17.3. The van der Waals surface area contributed by atoms with E-state index in [1.165, 1.54) is 20.3 Å². The van der Waals surface area contributed by atoms with E-state index in [0.717, 1.165) is 25.7 Å². The highest BCUT2D eigenvalue weighted by atomic mass is 16.6. The summed E-state index contributed by atoms with van der Waals surface area (Å²) in [5.74, 6) is -1.20. The zero-order valence-electron chi connectivity index (χ0n) is 17.3. The van der Waals surface area contributed by atoms with Gasteiger partial charge in [0.25, 0.3) is 0 Å². The average Bonchev–Trinajstić information content (AvgIpc) is 2.64. The third-order valence-electron chi connectivity index (χ3n) is 3.77. The number of methoxy groups -OCH3 is 2. The summed E-state index contributed by atoms with van der Waals surface area (Å²) in [5.41, 5.74) is -0.299. The molecule has 0 aliphatic heterocycles. The van der Waals surface area contributed by atoms with E-state index < -0.39 is 17.5 Å². The number of rotatable bonds is 10. The minimum Gasteiger partial charge on any atom is -0.493 e. The number of esters is 3. The molecule has 0 bridgehead atoms. The molecule has 0 aliphatic rings. The molecule has 0 saturated heterocycles. The van der Waals surface area contributed by atoms with Gasteiger partial charge in [-0.25, -0.2) is 9.59 Å². The second-order valence-corrected chi connectivity index (χ2v) is 7.26. The quantitative estimate of drug-likeness (QED) is 0.337. The highest BCUT2D eigenvalue weighted by Crippen LogP contribution is 2.24. The van der Waals surface area contributed by atoms with Crippen molar-refractivity contribution in [2.45, 2.75) is 58.5 Å². The van der Waals surface area contributed by atoms with E-state index >= 15 is 0 Å². The van der Waals surface area contributed by atoms with Gasteiger partial charge in [-0.2, -0.15) is 0 Å². The first kappa shape index (κ1) is 23.5. The number of ether oxygens (including phenoxy) is 4. The van der Waals surface area contributed by atoms with Crippen molar-refractivity contribution in [2.24, 2.45) is 0 Å². The van der Waals surface area contributed by atoms with Crippen LogP contribution in [0.3, 0.4) is 0 Å². The van der Waals surface area contributed by atoms with E-state index in [1.54, 1.807) is 12.1 Å². The Balaban J connectivity index is 2.48. The molecule has 0 heterocycles. The van der Waals surface area contributed by atoms with Crippen LogP contribution in [-0.4, -0.2) is 44.3 Å². The van der Waals surface area contributed by atoms with Crippen LogP contribution in [0.5, 0.6) is 5.75 Å². The molecule has 7 heteroatoms. The molecule has 1 aromatic rings. The average molecular weight is 394 g/mol. The summed E-state index contributed by atoms with van der Waals surface area (Å²) in [4.78, 5) is 35.6. The molecule has 0 radical (unpaired) electrons. The maximum Gasteiger partial charge on any atom is 0.342 e. The maximum absolute atomic E-state index is 12.1. The van der Waals surface area contributed by atoms with Gasteiger partial charge in [-0.15, -0.1) is 0 Å². The maximum atomic E-state index is 12.1. The summed E-state index contributed by atoms with van der Waals surface area (Å²) >= 11 is 0. The van der Waals surface area contributed by atoms with Gasteiger partial charge in [0.2, 0.25) is 0 Å².